The Morgan fingerprint density at radius 1 is 1.47 bits per heavy atom. The van der Waals surface area contributed by atoms with Crippen LogP contribution in [0.2, 0.25) is 0 Å². The van der Waals surface area contributed by atoms with Crippen LogP contribution >= 0.6 is 15.9 Å². The summed E-state index contributed by atoms with van der Waals surface area (Å²) in [5.41, 5.74) is 6.31. The molecule has 1 aromatic rings. The maximum Gasteiger partial charge on any atom is 0.326 e. The zero-order valence-corrected chi connectivity index (χ0v) is 12.1. The third-order valence-corrected chi connectivity index (χ3v) is 4.16. The van der Waals surface area contributed by atoms with Crippen LogP contribution in [-0.4, -0.2) is 29.6 Å². The van der Waals surface area contributed by atoms with Crippen LogP contribution in [0.3, 0.4) is 0 Å². The Kier molecular flexibility index (Phi) is 3.80. The average Bonchev–Trinajstić information content (AvgIpc) is 2.70. The Morgan fingerprint density at radius 2 is 2.16 bits per heavy atom. The second-order valence-electron chi connectivity index (χ2n) is 4.74. The van der Waals surface area contributed by atoms with Gasteiger partial charge in [-0.25, -0.2) is 4.79 Å². The van der Waals surface area contributed by atoms with Crippen LogP contribution in [0.1, 0.15) is 23.7 Å². The Balaban J connectivity index is 2.50. The van der Waals surface area contributed by atoms with Crippen molar-refractivity contribution < 1.29 is 14.7 Å². The highest BCUT2D eigenvalue weighted by molar-refractivity contribution is 9.10. The van der Waals surface area contributed by atoms with E-state index in [1.165, 1.54) is 0 Å². The van der Waals surface area contributed by atoms with Crippen molar-refractivity contribution in [2.45, 2.75) is 19.4 Å². The van der Waals surface area contributed by atoms with E-state index >= 15 is 0 Å². The minimum atomic E-state index is -0.875. The van der Waals surface area contributed by atoms with Crippen molar-refractivity contribution in [1.29, 1.82) is 0 Å². The van der Waals surface area contributed by atoms with Crippen LogP contribution in [0.4, 0.5) is 5.69 Å². The van der Waals surface area contributed by atoms with Crippen LogP contribution < -0.4 is 10.6 Å². The minimum absolute atomic E-state index is 0.0391. The van der Waals surface area contributed by atoms with Gasteiger partial charge in [0.1, 0.15) is 6.04 Å². The van der Waals surface area contributed by atoms with Crippen molar-refractivity contribution in [1.82, 2.24) is 0 Å². The van der Waals surface area contributed by atoms with E-state index in [4.69, 9.17) is 5.73 Å². The highest BCUT2D eigenvalue weighted by Crippen LogP contribution is 2.34. The number of carboxylic acid groups (broad SMARTS) is 1. The van der Waals surface area contributed by atoms with Crippen molar-refractivity contribution in [3.8, 4) is 0 Å². The smallest absolute Gasteiger partial charge is 0.326 e. The average molecular weight is 327 g/mol. The summed E-state index contributed by atoms with van der Waals surface area (Å²) in [5.74, 6) is -1.40. The normalized spacial score (nSPS) is 22.5. The molecule has 19 heavy (non-hydrogen) atoms. The van der Waals surface area contributed by atoms with Crippen LogP contribution in [0.25, 0.3) is 0 Å². The number of carbonyl (C=O) groups excluding carboxylic acids is 1. The lowest BCUT2D eigenvalue weighted by molar-refractivity contribution is -0.139. The first-order valence-corrected chi connectivity index (χ1v) is 6.80. The molecule has 1 saturated heterocycles. The van der Waals surface area contributed by atoms with Gasteiger partial charge in [0, 0.05) is 11.0 Å². The lowest BCUT2D eigenvalue weighted by Crippen LogP contribution is -2.40. The zero-order chi connectivity index (χ0) is 14.2. The largest absolute Gasteiger partial charge is 0.480 e. The molecule has 5 nitrogen and oxygen atoms in total. The van der Waals surface area contributed by atoms with Crippen LogP contribution in [0, 0.1) is 5.92 Å². The summed E-state index contributed by atoms with van der Waals surface area (Å²) in [4.78, 5) is 24.7. The van der Waals surface area contributed by atoms with Gasteiger partial charge < -0.3 is 15.7 Å². The monoisotopic (exact) mass is 326 g/mol. The van der Waals surface area contributed by atoms with E-state index in [9.17, 15) is 14.7 Å². The Bertz CT molecular complexity index is 533. The predicted molar refractivity (Wildman–Crippen MR) is 75.2 cm³/mol. The van der Waals surface area contributed by atoms with E-state index < -0.39 is 17.9 Å². The van der Waals surface area contributed by atoms with Gasteiger partial charge >= 0.3 is 5.97 Å². The molecule has 1 aliphatic rings. The summed E-state index contributed by atoms with van der Waals surface area (Å²) in [6, 6.07) is 4.61. The molecular formula is C13H15BrN2O3. The number of hydrogen-bond acceptors (Lipinski definition) is 3. The topological polar surface area (TPSA) is 83.6 Å². The van der Waals surface area contributed by atoms with Gasteiger partial charge in [-0.1, -0.05) is 13.0 Å². The number of amides is 1. The first-order valence-electron chi connectivity index (χ1n) is 6.01. The fraction of sp³-hybridized carbons (Fsp3) is 0.385. The number of aliphatic carboxylic acids is 1. The summed E-state index contributed by atoms with van der Waals surface area (Å²) in [5, 5.41) is 9.34. The number of halogens is 1. The maximum atomic E-state index is 11.6. The Hall–Kier alpha value is -1.56. The van der Waals surface area contributed by atoms with Crippen molar-refractivity contribution >= 4 is 33.5 Å². The first-order chi connectivity index (χ1) is 8.93. The molecule has 0 aromatic heterocycles. The molecule has 2 atom stereocenters. The number of carboxylic acids is 1. The van der Waals surface area contributed by atoms with Crippen molar-refractivity contribution in [2.75, 3.05) is 11.4 Å². The summed E-state index contributed by atoms with van der Waals surface area (Å²) in [6.45, 7) is 2.51. The predicted octanol–water partition coefficient (Wildman–Crippen LogP) is 1.85. The number of hydrogen-bond donors (Lipinski definition) is 2. The molecule has 1 heterocycles. The third-order valence-electron chi connectivity index (χ3n) is 3.50. The Labute approximate surface area is 119 Å². The number of benzene rings is 1. The quantitative estimate of drug-likeness (QED) is 0.887. The molecule has 0 radical (unpaired) electrons. The number of anilines is 1. The minimum Gasteiger partial charge on any atom is -0.480 e. The highest BCUT2D eigenvalue weighted by Gasteiger charge is 2.38. The van der Waals surface area contributed by atoms with E-state index in [0.29, 0.717) is 22.3 Å². The zero-order valence-electron chi connectivity index (χ0n) is 10.5. The fourth-order valence-corrected chi connectivity index (χ4v) is 3.14. The second kappa shape index (κ2) is 5.21. The summed E-state index contributed by atoms with van der Waals surface area (Å²) in [7, 11) is 0. The lowest BCUT2D eigenvalue weighted by atomic mass is 10.0. The fourth-order valence-electron chi connectivity index (χ4n) is 2.59. The van der Waals surface area contributed by atoms with E-state index in [0.717, 1.165) is 6.42 Å². The molecular weight excluding hydrogens is 312 g/mol. The standard InChI is InChI=1S/C13H15BrN2O3/c1-7-5-6-16(11(7)13(18)19)9-4-2-3-8(14)10(9)12(15)17/h2-4,7,11H,5-6H2,1H3,(H2,15,17)(H,18,19). The Morgan fingerprint density at radius 3 is 2.74 bits per heavy atom. The molecule has 6 heteroatoms. The molecule has 2 rings (SSSR count). The van der Waals surface area contributed by atoms with Crippen LogP contribution in [-0.2, 0) is 4.79 Å². The third kappa shape index (κ3) is 2.45. The van der Waals surface area contributed by atoms with Gasteiger partial charge in [0.05, 0.1) is 11.3 Å². The highest BCUT2D eigenvalue weighted by atomic mass is 79.9. The van der Waals surface area contributed by atoms with Gasteiger partial charge in [0.25, 0.3) is 5.91 Å². The summed E-state index contributed by atoms with van der Waals surface area (Å²) in [6.07, 6.45) is 0.779. The molecule has 0 bridgehead atoms. The number of primary amides is 1. The summed E-state index contributed by atoms with van der Waals surface area (Å²) < 4.78 is 0.584. The van der Waals surface area contributed by atoms with Gasteiger partial charge in [-0.2, -0.15) is 0 Å². The number of rotatable bonds is 3. The molecule has 102 valence electrons. The van der Waals surface area contributed by atoms with Gasteiger partial charge in [-0.05, 0) is 40.4 Å². The molecule has 1 aliphatic heterocycles. The van der Waals surface area contributed by atoms with Crippen LogP contribution in [0.5, 0.6) is 0 Å². The van der Waals surface area contributed by atoms with Gasteiger partial charge in [0.2, 0.25) is 0 Å². The van der Waals surface area contributed by atoms with E-state index in [1.807, 2.05) is 6.92 Å². The van der Waals surface area contributed by atoms with E-state index in [2.05, 4.69) is 15.9 Å². The molecule has 2 unspecified atom stereocenters. The van der Waals surface area contributed by atoms with Gasteiger partial charge in [0.15, 0.2) is 0 Å². The number of carbonyl (C=O) groups is 2. The van der Waals surface area contributed by atoms with Gasteiger partial charge in [-0.3, -0.25) is 4.79 Å². The molecule has 1 aromatic carbocycles. The molecule has 1 fully saturated rings. The molecule has 1 amide bonds. The SMILES string of the molecule is CC1CCN(c2cccc(Br)c2C(N)=O)C1C(=O)O. The van der Waals surface area contributed by atoms with Crippen molar-refractivity contribution in [3.05, 3.63) is 28.2 Å². The molecule has 0 aliphatic carbocycles. The van der Waals surface area contributed by atoms with E-state index in [-0.39, 0.29) is 5.92 Å². The maximum absolute atomic E-state index is 11.6. The number of nitrogens with zero attached hydrogens (tertiary/aromatic N) is 1. The summed E-state index contributed by atoms with van der Waals surface area (Å²) >= 11 is 3.29. The van der Waals surface area contributed by atoms with E-state index in [1.54, 1.807) is 23.1 Å². The first kappa shape index (κ1) is 13.9. The van der Waals surface area contributed by atoms with Crippen molar-refractivity contribution in [2.24, 2.45) is 11.7 Å². The second-order valence-corrected chi connectivity index (χ2v) is 5.59. The lowest BCUT2D eigenvalue weighted by Gasteiger charge is -2.27. The van der Waals surface area contributed by atoms with Crippen molar-refractivity contribution in [3.63, 3.8) is 0 Å². The van der Waals surface area contributed by atoms with Gasteiger partial charge in [-0.15, -0.1) is 0 Å². The molecule has 0 spiro atoms. The van der Waals surface area contributed by atoms with Crippen LogP contribution in [0.15, 0.2) is 22.7 Å². The molecule has 3 N–H and O–H groups in total. The number of nitrogens with two attached hydrogens (primary N) is 1. The molecule has 0 saturated carbocycles.